The van der Waals surface area contributed by atoms with Crippen molar-refractivity contribution < 1.29 is 5.11 Å². The summed E-state index contributed by atoms with van der Waals surface area (Å²) in [7, 11) is 0. The summed E-state index contributed by atoms with van der Waals surface area (Å²) in [5.41, 5.74) is 1.49. The van der Waals surface area contributed by atoms with Crippen LogP contribution in [0.3, 0.4) is 0 Å². The highest BCUT2D eigenvalue weighted by molar-refractivity contribution is 6.42. The second kappa shape index (κ2) is 5.25. The minimum atomic E-state index is 0.189. The molecule has 1 heterocycles. The quantitative estimate of drug-likeness (QED) is 0.898. The van der Waals surface area contributed by atoms with E-state index in [0.717, 1.165) is 25.9 Å². The summed E-state index contributed by atoms with van der Waals surface area (Å²) in [5.74, 6) is 1.29. The second-order valence-electron chi connectivity index (χ2n) is 5.93. The van der Waals surface area contributed by atoms with Crippen LogP contribution in [0.25, 0.3) is 0 Å². The lowest BCUT2D eigenvalue weighted by Gasteiger charge is -2.29. The highest BCUT2D eigenvalue weighted by Gasteiger charge is 2.50. The first-order valence-electron chi connectivity index (χ1n) is 6.93. The van der Waals surface area contributed by atoms with Gasteiger partial charge in [-0.05, 0) is 55.3 Å². The number of rotatable bonds is 3. The molecular formula is C15H19Cl2NO. The molecule has 19 heavy (non-hydrogen) atoms. The fraction of sp³-hybridized carbons (Fsp3) is 0.600. The van der Waals surface area contributed by atoms with E-state index in [9.17, 15) is 5.11 Å². The van der Waals surface area contributed by atoms with Crippen molar-refractivity contribution in [3.05, 3.63) is 33.8 Å². The number of nitrogens with one attached hydrogen (secondary N) is 1. The predicted octanol–water partition coefficient (Wildman–Crippen LogP) is 3.24. The Kier molecular flexibility index (Phi) is 3.78. The van der Waals surface area contributed by atoms with Gasteiger partial charge in [0.15, 0.2) is 0 Å². The number of aliphatic hydroxyl groups is 1. The number of halogens is 2. The standard InChI is InChI=1S/C15H19Cl2NO/c16-13-2-1-11(6-14(13)17)15-7-10(3-4-19)5-12(15)8-18-9-15/h1-2,6,10,12,18-19H,3-5,7-9H2/t10?,12-,15+/m1/s1. The first-order chi connectivity index (χ1) is 9.15. The molecule has 4 heteroatoms. The first-order valence-corrected chi connectivity index (χ1v) is 7.68. The maximum atomic E-state index is 9.17. The van der Waals surface area contributed by atoms with Gasteiger partial charge in [0.05, 0.1) is 10.0 Å². The third-order valence-electron chi connectivity index (χ3n) is 4.92. The van der Waals surface area contributed by atoms with Crippen molar-refractivity contribution in [2.45, 2.75) is 24.7 Å². The Morgan fingerprint density at radius 3 is 2.89 bits per heavy atom. The Bertz CT molecular complexity index is 479. The maximum absolute atomic E-state index is 9.17. The number of hydrogen-bond acceptors (Lipinski definition) is 2. The number of fused-ring (bicyclic) bond motifs is 1. The zero-order valence-corrected chi connectivity index (χ0v) is 12.3. The molecule has 2 fully saturated rings. The van der Waals surface area contributed by atoms with E-state index in [1.807, 2.05) is 12.1 Å². The van der Waals surface area contributed by atoms with Gasteiger partial charge in [-0.25, -0.2) is 0 Å². The lowest BCUT2D eigenvalue weighted by molar-refractivity contribution is 0.253. The van der Waals surface area contributed by atoms with E-state index in [4.69, 9.17) is 23.2 Å². The Labute approximate surface area is 124 Å². The van der Waals surface area contributed by atoms with Gasteiger partial charge < -0.3 is 10.4 Å². The van der Waals surface area contributed by atoms with Crippen LogP contribution < -0.4 is 5.32 Å². The van der Waals surface area contributed by atoms with Gasteiger partial charge in [0.25, 0.3) is 0 Å². The van der Waals surface area contributed by atoms with Crippen LogP contribution in [0.15, 0.2) is 18.2 Å². The first kappa shape index (κ1) is 13.7. The van der Waals surface area contributed by atoms with Crippen molar-refractivity contribution in [1.29, 1.82) is 0 Å². The summed E-state index contributed by atoms with van der Waals surface area (Å²) in [5, 5.41) is 14.0. The van der Waals surface area contributed by atoms with E-state index in [0.29, 0.717) is 28.5 Å². The van der Waals surface area contributed by atoms with E-state index in [1.165, 1.54) is 12.0 Å². The van der Waals surface area contributed by atoms with Crippen LogP contribution in [0.5, 0.6) is 0 Å². The van der Waals surface area contributed by atoms with Crippen LogP contribution in [0.4, 0.5) is 0 Å². The van der Waals surface area contributed by atoms with Gasteiger partial charge in [-0.1, -0.05) is 29.3 Å². The monoisotopic (exact) mass is 299 g/mol. The van der Waals surface area contributed by atoms with Crippen molar-refractivity contribution >= 4 is 23.2 Å². The molecule has 3 atom stereocenters. The van der Waals surface area contributed by atoms with E-state index in [-0.39, 0.29) is 5.41 Å². The SMILES string of the molecule is OCCC1C[C@@H]2CNC[C@]2(c2ccc(Cl)c(Cl)c2)C1. The lowest BCUT2D eigenvalue weighted by Crippen LogP contribution is -2.31. The highest BCUT2D eigenvalue weighted by Crippen LogP contribution is 2.51. The smallest absolute Gasteiger partial charge is 0.0595 e. The van der Waals surface area contributed by atoms with Gasteiger partial charge in [-0.2, -0.15) is 0 Å². The molecule has 1 aliphatic carbocycles. The van der Waals surface area contributed by atoms with Crippen molar-refractivity contribution in [1.82, 2.24) is 5.32 Å². The highest BCUT2D eigenvalue weighted by atomic mass is 35.5. The molecule has 2 N–H and O–H groups in total. The Hall–Kier alpha value is -0.280. The molecule has 0 radical (unpaired) electrons. The molecule has 1 saturated heterocycles. The van der Waals surface area contributed by atoms with Crippen LogP contribution in [0, 0.1) is 11.8 Å². The maximum Gasteiger partial charge on any atom is 0.0595 e. The topological polar surface area (TPSA) is 32.3 Å². The minimum absolute atomic E-state index is 0.189. The Balaban J connectivity index is 1.93. The Morgan fingerprint density at radius 2 is 2.16 bits per heavy atom. The summed E-state index contributed by atoms with van der Waals surface area (Å²) in [6.07, 6.45) is 3.26. The molecule has 1 aromatic carbocycles. The molecule has 0 spiro atoms. The third kappa shape index (κ3) is 2.29. The molecule has 1 aromatic rings. The van der Waals surface area contributed by atoms with Crippen LogP contribution in [0.2, 0.25) is 10.0 Å². The van der Waals surface area contributed by atoms with Gasteiger partial charge in [-0.3, -0.25) is 0 Å². The largest absolute Gasteiger partial charge is 0.396 e. The summed E-state index contributed by atoms with van der Waals surface area (Å²) in [6.45, 7) is 2.38. The summed E-state index contributed by atoms with van der Waals surface area (Å²) in [4.78, 5) is 0. The summed E-state index contributed by atoms with van der Waals surface area (Å²) in [6, 6.07) is 6.06. The van der Waals surface area contributed by atoms with E-state index < -0.39 is 0 Å². The number of aliphatic hydroxyl groups excluding tert-OH is 1. The van der Waals surface area contributed by atoms with E-state index >= 15 is 0 Å². The average Bonchev–Trinajstić information content (AvgIpc) is 2.90. The van der Waals surface area contributed by atoms with Gasteiger partial charge in [0, 0.05) is 18.6 Å². The molecule has 2 nitrogen and oxygen atoms in total. The van der Waals surface area contributed by atoms with Crippen LogP contribution in [0.1, 0.15) is 24.8 Å². The zero-order chi connectivity index (χ0) is 13.5. The molecule has 1 aliphatic heterocycles. The van der Waals surface area contributed by atoms with Gasteiger partial charge in [0.2, 0.25) is 0 Å². The summed E-state index contributed by atoms with van der Waals surface area (Å²) >= 11 is 12.2. The van der Waals surface area contributed by atoms with Crippen molar-refractivity contribution in [2.24, 2.45) is 11.8 Å². The molecule has 0 bridgehead atoms. The number of benzene rings is 1. The number of hydrogen-bond donors (Lipinski definition) is 2. The molecule has 104 valence electrons. The van der Waals surface area contributed by atoms with Crippen LogP contribution in [-0.4, -0.2) is 24.8 Å². The fourth-order valence-electron chi connectivity index (χ4n) is 4.02. The van der Waals surface area contributed by atoms with Crippen molar-refractivity contribution in [3.63, 3.8) is 0 Å². The average molecular weight is 300 g/mol. The molecular weight excluding hydrogens is 281 g/mol. The molecule has 1 unspecified atom stereocenters. The molecule has 3 rings (SSSR count). The molecule has 0 amide bonds. The zero-order valence-electron chi connectivity index (χ0n) is 10.8. The lowest BCUT2D eigenvalue weighted by atomic mass is 9.74. The van der Waals surface area contributed by atoms with Gasteiger partial charge >= 0.3 is 0 Å². The van der Waals surface area contributed by atoms with Crippen LogP contribution >= 0.6 is 23.2 Å². The van der Waals surface area contributed by atoms with Gasteiger partial charge in [-0.15, -0.1) is 0 Å². The summed E-state index contributed by atoms with van der Waals surface area (Å²) < 4.78 is 0. The third-order valence-corrected chi connectivity index (χ3v) is 5.65. The van der Waals surface area contributed by atoms with E-state index in [2.05, 4.69) is 11.4 Å². The molecule has 0 aromatic heterocycles. The minimum Gasteiger partial charge on any atom is -0.396 e. The predicted molar refractivity (Wildman–Crippen MR) is 78.9 cm³/mol. The Morgan fingerprint density at radius 1 is 1.32 bits per heavy atom. The van der Waals surface area contributed by atoms with Crippen molar-refractivity contribution in [3.8, 4) is 0 Å². The molecule has 2 aliphatic rings. The molecule has 1 saturated carbocycles. The fourth-order valence-corrected chi connectivity index (χ4v) is 4.32. The van der Waals surface area contributed by atoms with Crippen LogP contribution in [-0.2, 0) is 5.41 Å². The van der Waals surface area contributed by atoms with Gasteiger partial charge in [0.1, 0.15) is 0 Å². The normalized spacial score (nSPS) is 33.6. The second-order valence-corrected chi connectivity index (χ2v) is 6.75. The van der Waals surface area contributed by atoms with Crippen molar-refractivity contribution in [2.75, 3.05) is 19.7 Å². The van der Waals surface area contributed by atoms with E-state index in [1.54, 1.807) is 0 Å².